The van der Waals surface area contributed by atoms with E-state index < -0.39 is 54.4 Å². The molecule has 214 valence electrons. The van der Waals surface area contributed by atoms with Crippen molar-refractivity contribution in [1.29, 1.82) is 0 Å². The monoisotopic (exact) mass is 550 g/mol. The van der Waals surface area contributed by atoms with Crippen molar-refractivity contribution in [1.82, 2.24) is 0 Å². The van der Waals surface area contributed by atoms with Crippen LogP contribution in [-0.2, 0) is 18.9 Å². The molecule has 0 saturated carbocycles. The molecule has 0 spiro atoms. The molecule has 0 bridgehead atoms. The van der Waals surface area contributed by atoms with E-state index in [1.54, 1.807) is 83.1 Å². The van der Waals surface area contributed by atoms with Gasteiger partial charge in [-0.3, -0.25) is 0 Å². The van der Waals surface area contributed by atoms with Gasteiger partial charge in [0.1, 0.15) is 22.4 Å². The SMILES string of the molecule is CC(C)(C)OC(=O)c1cc([Si](C)(C)C)c(C(=O)OC(C)(C)C)c(C(=O)OC(C)(C)C)c1C(=O)OC(C)(C)C. The van der Waals surface area contributed by atoms with E-state index in [0.29, 0.717) is 5.19 Å². The van der Waals surface area contributed by atoms with Crippen LogP contribution in [0.2, 0.25) is 19.6 Å². The van der Waals surface area contributed by atoms with Crippen LogP contribution in [0, 0.1) is 0 Å². The fourth-order valence-corrected chi connectivity index (χ4v) is 4.94. The molecule has 9 heteroatoms. The lowest BCUT2D eigenvalue weighted by molar-refractivity contribution is -0.00156. The van der Waals surface area contributed by atoms with Gasteiger partial charge in [-0.2, -0.15) is 0 Å². The molecule has 0 amide bonds. The van der Waals surface area contributed by atoms with Crippen LogP contribution in [0.5, 0.6) is 0 Å². The minimum absolute atomic E-state index is 0.0958. The molecule has 0 aliphatic rings. The number of rotatable bonds is 5. The number of ether oxygens (including phenoxy) is 4. The second-order valence-electron chi connectivity index (χ2n) is 14.4. The molecule has 1 aromatic carbocycles. The van der Waals surface area contributed by atoms with Crippen molar-refractivity contribution < 1.29 is 38.1 Å². The summed E-state index contributed by atoms with van der Waals surface area (Å²) in [7, 11) is -2.46. The smallest absolute Gasteiger partial charge is 0.340 e. The van der Waals surface area contributed by atoms with Crippen molar-refractivity contribution >= 4 is 37.1 Å². The maximum absolute atomic E-state index is 13.8. The van der Waals surface area contributed by atoms with Crippen LogP contribution in [0.3, 0.4) is 0 Å². The van der Waals surface area contributed by atoms with Gasteiger partial charge in [0.05, 0.1) is 30.3 Å². The maximum Gasteiger partial charge on any atom is 0.340 e. The normalized spacial score (nSPS) is 13.0. The Bertz CT molecular complexity index is 1100. The van der Waals surface area contributed by atoms with Crippen LogP contribution in [0.4, 0.5) is 0 Å². The van der Waals surface area contributed by atoms with E-state index in [0.717, 1.165) is 0 Å². The Kier molecular flexibility index (Phi) is 9.50. The van der Waals surface area contributed by atoms with Gasteiger partial charge in [0.25, 0.3) is 0 Å². The lowest BCUT2D eigenvalue weighted by Crippen LogP contribution is -2.46. The minimum atomic E-state index is -2.46. The number of carbonyl (C=O) groups is 4. The number of esters is 4. The maximum atomic E-state index is 13.8. The molecule has 1 aromatic rings. The van der Waals surface area contributed by atoms with E-state index in [2.05, 4.69) is 0 Å². The van der Waals surface area contributed by atoms with Gasteiger partial charge in [0.15, 0.2) is 0 Å². The highest BCUT2D eigenvalue weighted by molar-refractivity contribution is 6.89. The fourth-order valence-electron chi connectivity index (χ4n) is 3.38. The first kappa shape index (κ1) is 33.3. The third-order valence-corrected chi connectivity index (χ3v) is 6.57. The summed E-state index contributed by atoms with van der Waals surface area (Å²) in [5, 5.41) is 0.459. The Balaban J connectivity index is 4.40. The highest BCUT2D eigenvalue weighted by Crippen LogP contribution is 2.29. The molecule has 0 atom stereocenters. The molecule has 1 rings (SSSR count). The second-order valence-corrected chi connectivity index (χ2v) is 19.4. The molecule has 8 nitrogen and oxygen atoms in total. The van der Waals surface area contributed by atoms with Gasteiger partial charge >= 0.3 is 23.9 Å². The van der Waals surface area contributed by atoms with Gasteiger partial charge in [0, 0.05) is 0 Å². The van der Waals surface area contributed by atoms with Gasteiger partial charge in [-0.15, -0.1) is 0 Å². The summed E-state index contributed by atoms with van der Waals surface area (Å²) in [6, 6.07) is 1.48. The van der Waals surface area contributed by atoms with Crippen LogP contribution in [0.15, 0.2) is 6.07 Å². The largest absolute Gasteiger partial charge is 0.456 e. The predicted molar refractivity (Wildman–Crippen MR) is 150 cm³/mol. The van der Waals surface area contributed by atoms with Gasteiger partial charge < -0.3 is 18.9 Å². The standard InChI is InChI=1S/C29H46O8Si/c1-26(2,3)34-22(30)17-16-18(38(13,14)15)20(24(32)36-28(7,8)9)21(25(33)37-29(10,11)12)19(17)23(31)35-27(4,5)6/h16H,1-15H3. The van der Waals surface area contributed by atoms with Crippen LogP contribution < -0.4 is 5.19 Å². The highest BCUT2D eigenvalue weighted by Gasteiger charge is 2.41. The van der Waals surface area contributed by atoms with Crippen LogP contribution >= 0.6 is 0 Å². The molecule has 0 unspecified atom stereocenters. The molecule has 0 N–H and O–H groups in total. The topological polar surface area (TPSA) is 105 Å². The Morgan fingerprint density at radius 3 is 1.11 bits per heavy atom. The van der Waals surface area contributed by atoms with E-state index in [1.807, 2.05) is 19.6 Å². The zero-order valence-electron chi connectivity index (χ0n) is 25.8. The summed E-state index contributed by atoms with van der Waals surface area (Å²) in [4.78, 5) is 54.7. The third kappa shape index (κ3) is 9.89. The average Bonchev–Trinajstić information content (AvgIpc) is 2.59. The van der Waals surface area contributed by atoms with Crippen molar-refractivity contribution in [3.8, 4) is 0 Å². The van der Waals surface area contributed by atoms with Crippen molar-refractivity contribution in [2.24, 2.45) is 0 Å². The van der Waals surface area contributed by atoms with E-state index in [-0.39, 0.29) is 22.3 Å². The quantitative estimate of drug-likeness (QED) is 0.248. The lowest BCUT2D eigenvalue weighted by Gasteiger charge is -2.30. The van der Waals surface area contributed by atoms with Gasteiger partial charge in [-0.1, -0.05) is 19.6 Å². The predicted octanol–water partition coefficient (Wildman–Crippen LogP) is 6.05. The van der Waals surface area contributed by atoms with E-state index in [4.69, 9.17) is 18.9 Å². The molecule has 0 aliphatic heterocycles. The number of carbonyl (C=O) groups excluding carboxylic acids is 4. The molecular formula is C29H46O8Si. The van der Waals surface area contributed by atoms with Crippen molar-refractivity contribution in [2.75, 3.05) is 0 Å². The molecule has 0 aromatic heterocycles. The van der Waals surface area contributed by atoms with Crippen molar-refractivity contribution in [3.63, 3.8) is 0 Å². The van der Waals surface area contributed by atoms with Gasteiger partial charge in [-0.25, -0.2) is 19.2 Å². The number of benzene rings is 1. The lowest BCUT2D eigenvalue weighted by atomic mass is 9.94. The molecule has 0 saturated heterocycles. The second kappa shape index (κ2) is 10.8. The molecule has 0 fully saturated rings. The van der Waals surface area contributed by atoms with Crippen molar-refractivity contribution in [3.05, 3.63) is 28.3 Å². The molecular weight excluding hydrogens is 504 g/mol. The Hall–Kier alpha value is -2.68. The first-order valence-electron chi connectivity index (χ1n) is 12.8. The Morgan fingerprint density at radius 1 is 0.500 bits per heavy atom. The summed E-state index contributed by atoms with van der Waals surface area (Å²) in [6.07, 6.45) is 0. The van der Waals surface area contributed by atoms with Gasteiger partial charge in [-0.05, 0) is 94.3 Å². The van der Waals surface area contributed by atoms with Gasteiger partial charge in [0.2, 0.25) is 0 Å². The summed E-state index contributed by atoms with van der Waals surface area (Å²) in [6.45, 7) is 26.1. The first-order valence-corrected chi connectivity index (χ1v) is 16.3. The average molecular weight is 551 g/mol. The molecule has 0 radical (unpaired) electrons. The number of hydrogen-bond donors (Lipinski definition) is 0. The summed E-state index contributed by atoms with van der Waals surface area (Å²) in [5.74, 6) is -3.51. The summed E-state index contributed by atoms with van der Waals surface area (Å²) < 4.78 is 22.6. The molecule has 38 heavy (non-hydrogen) atoms. The van der Waals surface area contributed by atoms with E-state index in [9.17, 15) is 19.2 Å². The van der Waals surface area contributed by atoms with Crippen LogP contribution in [-0.4, -0.2) is 54.4 Å². The highest BCUT2D eigenvalue weighted by atomic mass is 28.3. The van der Waals surface area contributed by atoms with E-state index >= 15 is 0 Å². The minimum Gasteiger partial charge on any atom is -0.456 e. The van der Waals surface area contributed by atoms with E-state index in [1.165, 1.54) is 6.07 Å². The summed E-state index contributed by atoms with van der Waals surface area (Å²) >= 11 is 0. The van der Waals surface area contributed by atoms with Crippen LogP contribution in [0.1, 0.15) is 125 Å². The first-order chi connectivity index (χ1) is 16.6. The Labute approximate surface area is 228 Å². The molecule has 0 heterocycles. The number of hydrogen-bond acceptors (Lipinski definition) is 8. The fraction of sp³-hybridized carbons (Fsp3) is 0.655. The summed E-state index contributed by atoms with van der Waals surface area (Å²) in [5.41, 5.74) is -4.71. The zero-order valence-corrected chi connectivity index (χ0v) is 26.8. The van der Waals surface area contributed by atoms with Crippen molar-refractivity contribution in [2.45, 2.75) is 125 Å². The molecule has 0 aliphatic carbocycles. The Morgan fingerprint density at radius 2 is 0.789 bits per heavy atom. The zero-order chi connectivity index (χ0) is 30.2. The third-order valence-electron chi connectivity index (χ3n) is 4.56. The van der Waals surface area contributed by atoms with Crippen LogP contribution in [0.25, 0.3) is 0 Å².